The van der Waals surface area contributed by atoms with Crippen molar-refractivity contribution in [1.29, 1.82) is 0 Å². The van der Waals surface area contributed by atoms with Crippen LogP contribution < -0.4 is 15.8 Å². The molecule has 1 aromatic carbocycles. The molecule has 0 aliphatic heterocycles. The van der Waals surface area contributed by atoms with Crippen LogP contribution in [0.3, 0.4) is 0 Å². The van der Waals surface area contributed by atoms with Crippen LogP contribution in [0.25, 0.3) is 0 Å². The monoisotopic (exact) mass is 258 g/mol. The van der Waals surface area contributed by atoms with Gasteiger partial charge in [0.25, 0.3) is 5.91 Å². The normalized spacial score (nSPS) is 9.89. The average molecular weight is 258 g/mol. The fourth-order valence-corrected chi connectivity index (χ4v) is 1.46. The molecule has 3 N–H and O–H groups in total. The predicted octanol–water partition coefficient (Wildman–Crippen LogP) is 0.868. The van der Waals surface area contributed by atoms with Crippen molar-refractivity contribution in [2.45, 2.75) is 0 Å². The van der Waals surface area contributed by atoms with Gasteiger partial charge in [-0.25, -0.2) is 0 Å². The van der Waals surface area contributed by atoms with Gasteiger partial charge in [0.1, 0.15) is 12.4 Å². The summed E-state index contributed by atoms with van der Waals surface area (Å²) in [6, 6.07) is 8.81. The summed E-state index contributed by atoms with van der Waals surface area (Å²) in [5.74, 6) is 0.405. The Labute approximate surface area is 110 Å². The van der Waals surface area contributed by atoms with Crippen molar-refractivity contribution in [2.24, 2.45) is 0 Å². The van der Waals surface area contributed by atoms with E-state index in [1.807, 2.05) is 12.1 Å². The van der Waals surface area contributed by atoms with Crippen molar-refractivity contribution in [3.8, 4) is 5.75 Å². The Bertz CT molecular complexity index is 545. The zero-order valence-electron chi connectivity index (χ0n) is 10.2. The van der Waals surface area contributed by atoms with Crippen molar-refractivity contribution in [2.75, 3.05) is 18.9 Å². The number of carbonyl (C=O) groups excluding carboxylic acids is 1. The average Bonchev–Trinajstić information content (AvgIpc) is 2.46. The van der Waals surface area contributed by atoms with Crippen LogP contribution in [0, 0.1) is 0 Å². The molecule has 0 atom stereocenters. The van der Waals surface area contributed by atoms with Gasteiger partial charge in [0, 0.05) is 0 Å². The largest absolute Gasteiger partial charge is 0.490 e. The number of carbonyl (C=O) groups is 1. The summed E-state index contributed by atoms with van der Waals surface area (Å²) in [6.07, 6.45) is 2.88. The standard InChI is InChI=1S/C13H14N4O2/c14-11-3-1-2-4-12(11)19-8-7-15-13(18)10-5-6-16-17-9-10/h1-6,9H,7-8,14H2,(H,15,18). The summed E-state index contributed by atoms with van der Waals surface area (Å²) in [6.45, 7) is 0.730. The van der Waals surface area contributed by atoms with E-state index in [2.05, 4.69) is 15.5 Å². The van der Waals surface area contributed by atoms with E-state index in [-0.39, 0.29) is 5.91 Å². The number of nitrogens with two attached hydrogens (primary N) is 1. The zero-order chi connectivity index (χ0) is 13.5. The van der Waals surface area contributed by atoms with E-state index in [1.165, 1.54) is 12.4 Å². The second kappa shape index (κ2) is 6.34. The van der Waals surface area contributed by atoms with Crippen LogP contribution in [0.1, 0.15) is 10.4 Å². The lowest BCUT2D eigenvalue weighted by molar-refractivity contribution is 0.0946. The molecule has 0 bridgehead atoms. The molecule has 1 amide bonds. The molecule has 0 aliphatic rings. The number of ether oxygens (including phenoxy) is 1. The number of anilines is 1. The lowest BCUT2D eigenvalue weighted by Gasteiger charge is -2.09. The molecule has 0 radical (unpaired) electrons. The van der Waals surface area contributed by atoms with Gasteiger partial charge in [0.2, 0.25) is 0 Å². The molecule has 0 aliphatic carbocycles. The van der Waals surface area contributed by atoms with Crippen LogP contribution in [-0.4, -0.2) is 29.3 Å². The molecule has 0 unspecified atom stereocenters. The summed E-state index contributed by atoms with van der Waals surface area (Å²) in [5.41, 5.74) is 6.77. The first kappa shape index (κ1) is 12.8. The van der Waals surface area contributed by atoms with Crippen LogP contribution in [0.15, 0.2) is 42.7 Å². The van der Waals surface area contributed by atoms with Gasteiger partial charge >= 0.3 is 0 Å². The number of aromatic nitrogens is 2. The SMILES string of the molecule is Nc1ccccc1OCCNC(=O)c1ccnnc1. The van der Waals surface area contributed by atoms with Crippen molar-refractivity contribution < 1.29 is 9.53 Å². The van der Waals surface area contributed by atoms with Crippen molar-refractivity contribution in [1.82, 2.24) is 15.5 Å². The van der Waals surface area contributed by atoms with E-state index in [0.29, 0.717) is 30.2 Å². The predicted molar refractivity (Wildman–Crippen MR) is 70.7 cm³/mol. The number of para-hydroxylation sites is 2. The number of rotatable bonds is 5. The highest BCUT2D eigenvalue weighted by molar-refractivity contribution is 5.93. The molecule has 0 fully saturated rings. The number of hydrogen-bond donors (Lipinski definition) is 2. The number of nitrogens with zero attached hydrogens (tertiary/aromatic N) is 2. The highest BCUT2D eigenvalue weighted by atomic mass is 16.5. The van der Waals surface area contributed by atoms with E-state index in [9.17, 15) is 4.79 Å². The third-order valence-electron chi connectivity index (χ3n) is 2.41. The summed E-state index contributed by atoms with van der Waals surface area (Å²) >= 11 is 0. The van der Waals surface area contributed by atoms with Crippen LogP contribution in [0.5, 0.6) is 5.75 Å². The molecule has 6 heteroatoms. The van der Waals surface area contributed by atoms with Crippen LogP contribution in [0.4, 0.5) is 5.69 Å². The summed E-state index contributed by atoms with van der Waals surface area (Å²) in [7, 11) is 0. The number of nitrogens with one attached hydrogen (secondary N) is 1. The minimum atomic E-state index is -0.209. The van der Waals surface area contributed by atoms with Crippen molar-refractivity contribution >= 4 is 11.6 Å². The Balaban J connectivity index is 1.76. The molecule has 98 valence electrons. The van der Waals surface area contributed by atoms with E-state index < -0.39 is 0 Å². The molecule has 2 rings (SSSR count). The molecule has 6 nitrogen and oxygen atoms in total. The molecule has 0 spiro atoms. The molecule has 2 aromatic rings. The summed E-state index contributed by atoms with van der Waals surface area (Å²) < 4.78 is 5.46. The molecular weight excluding hydrogens is 244 g/mol. The second-order valence-electron chi connectivity index (χ2n) is 3.77. The van der Waals surface area contributed by atoms with E-state index >= 15 is 0 Å². The van der Waals surface area contributed by atoms with Gasteiger partial charge in [-0.15, -0.1) is 0 Å². The lowest BCUT2D eigenvalue weighted by Crippen LogP contribution is -2.28. The number of nitrogen functional groups attached to an aromatic ring is 1. The highest BCUT2D eigenvalue weighted by Crippen LogP contribution is 2.19. The lowest BCUT2D eigenvalue weighted by atomic mass is 10.3. The van der Waals surface area contributed by atoms with Gasteiger partial charge in [-0.2, -0.15) is 10.2 Å². The zero-order valence-corrected chi connectivity index (χ0v) is 10.2. The van der Waals surface area contributed by atoms with E-state index in [4.69, 9.17) is 10.5 Å². The first-order valence-corrected chi connectivity index (χ1v) is 5.79. The molecular formula is C13H14N4O2. The first-order valence-electron chi connectivity index (χ1n) is 5.79. The maximum atomic E-state index is 11.7. The van der Waals surface area contributed by atoms with Gasteiger partial charge in [-0.1, -0.05) is 12.1 Å². The highest BCUT2D eigenvalue weighted by Gasteiger charge is 2.04. The van der Waals surface area contributed by atoms with E-state index in [0.717, 1.165) is 0 Å². The molecule has 1 aromatic heterocycles. The quantitative estimate of drug-likeness (QED) is 0.613. The Hall–Kier alpha value is -2.63. The maximum Gasteiger partial charge on any atom is 0.253 e. The third-order valence-corrected chi connectivity index (χ3v) is 2.41. The van der Waals surface area contributed by atoms with Gasteiger partial charge in [-0.05, 0) is 18.2 Å². The maximum absolute atomic E-state index is 11.7. The second-order valence-corrected chi connectivity index (χ2v) is 3.77. The Morgan fingerprint density at radius 2 is 2.11 bits per heavy atom. The number of benzene rings is 1. The van der Waals surface area contributed by atoms with Gasteiger partial charge in [-0.3, -0.25) is 4.79 Å². The number of hydrogen-bond acceptors (Lipinski definition) is 5. The van der Waals surface area contributed by atoms with Crippen molar-refractivity contribution in [3.05, 3.63) is 48.3 Å². The topological polar surface area (TPSA) is 90.1 Å². The van der Waals surface area contributed by atoms with Gasteiger partial charge < -0.3 is 15.8 Å². The fourth-order valence-electron chi connectivity index (χ4n) is 1.46. The molecule has 19 heavy (non-hydrogen) atoms. The Morgan fingerprint density at radius 1 is 1.26 bits per heavy atom. The smallest absolute Gasteiger partial charge is 0.253 e. The Morgan fingerprint density at radius 3 is 2.84 bits per heavy atom. The molecule has 1 heterocycles. The fraction of sp³-hybridized carbons (Fsp3) is 0.154. The summed E-state index contributed by atoms with van der Waals surface area (Å²) in [4.78, 5) is 11.7. The van der Waals surface area contributed by atoms with Crippen LogP contribution in [0.2, 0.25) is 0 Å². The first-order chi connectivity index (χ1) is 9.27. The Kier molecular flexibility index (Phi) is 4.28. The number of amides is 1. The van der Waals surface area contributed by atoms with Gasteiger partial charge in [0.05, 0.1) is 30.2 Å². The third kappa shape index (κ3) is 3.67. The molecule has 0 saturated carbocycles. The van der Waals surface area contributed by atoms with Crippen LogP contribution in [-0.2, 0) is 0 Å². The minimum absolute atomic E-state index is 0.209. The van der Waals surface area contributed by atoms with Crippen molar-refractivity contribution in [3.63, 3.8) is 0 Å². The summed E-state index contributed by atoms with van der Waals surface area (Å²) in [5, 5.41) is 9.96. The molecule has 0 saturated heterocycles. The van der Waals surface area contributed by atoms with Gasteiger partial charge in [0.15, 0.2) is 0 Å². The van der Waals surface area contributed by atoms with Crippen LogP contribution >= 0.6 is 0 Å². The van der Waals surface area contributed by atoms with E-state index in [1.54, 1.807) is 18.2 Å². The minimum Gasteiger partial charge on any atom is -0.490 e.